The summed E-state index contributed by atoms with van der Waals surface area (Å²) in [5.41, 5.74) is -0.609. The second-order valence-electron chi connectivity index (χ2n) is 6.48. The van der Waals surface area contributed by atoms with Crippen LogP contribution in [0, 0.1) is 11.6 Å². The van der Waals surface area contributed by atoms with Crippen molar-refractivity contribution in [2.75, 3.05) is 31.1 Å². The molecule has 138 valence electrons. The Morgan fingerprint density at radius 2 is 1.92 bits per heavy atom. The van der Waals surface area contributed by atoms with Gasteiger partial charge in [0.25, 0.3) is 0 Å². The zero-order chi connectivity index (χ0) is 18.4. The van der Waals surface area contributed by atoms with Crippen LogP contribution in [-0.2, 0) is 0 Å². The summed E-state index contributed by atoms with van der Waals surface area (Å²) in [7, 11) is 0. The number of pyridine rings is 1. The van der Waals surface area contributed by atoms with Crippen LogP contribution in [0.25, 0.3) is 10.9 Å². The van der Waals surface area contributed by atoms with Crippen molar-refractivity contribution < 1.29 is 23.4 Å². The van der Waals surface area contributed by atoms with E-state index in [1.165, 1.54) is 12.3 Å². The fraction of sp³-hybridized carbons (Fsp3) is 0.412. The predicted molar refractivity (Wildman–Crippen MR) is 90.1 cm³/mol. The Hall–Kier alpha value is -2.68. The zero-order valence-corrected chi connectivity index (χ0v) is 13.8. The SMILES string of the molecule is O=C(O)Oc1cn(C2CC2)c2cc(N3CCNCC3)c(F)c(F)c2c1=O. The Labute approximate surface area is 146 Å². The fourth-order valence-electron chi connectivity index (χ4n) is 3.35. The number of piperazine rings is 1. The van der Waals surface area contributed by atoms with Gasteiger partial charge in [-0.15, -0.1) is 0 Å². The van der Waals surface area contributed by atoms with Gasteiger partial charge in [0.05, 0.1) is 22.8 Å². The maximum Gasteiger partial charge on any atom is 0.511 e. The number of anilines is 1. The van der Waals surface area contributed by atoms with Crippen LogP contribution in [0.4, 0.5) is 19.3 Å². The van der Waals surface area contributed by atoms with Crippen LogP contribution in [0.5, 0.6) is 5.75 Å². The summed E-state index contributed by atoms with van der Waals surface area (Å²) in [6, 6.07) is 1.48. The number of hydrogen-bond acceptors (Lipinski definition) is 5. The minimum atomic E-state index is -1.68. The van der Waals surface area contributed by atoms with Gasteiger partial charge in [0.15, 0.2) is 17.4 Å². The number of rotatable bonds is 3. The molecule has 1 aliphatic heterocycles. The number of benzene rings is 1. The Kier molecular flexibility index (Phi) is 4.03. The quantitative estimate of drug-likeness (QED) is 0.811. The van der Waals surface area contributed by atoms with Crippen molar-refractivity contribution in [3.8, 4) is 5.75 Å². The van der Waals surface area contributed by atoms with Crippen LogP contribution in [0.1, 0.15) is 18.9 Å². The van der Waals surface area contributed by atoms with Crippen LogP contribution in [0.3, 0.4) is 0 Å². The molecule has 0 radical (unpaired) electrons. The molecule has 0 bridgehead atoms. The molecular formula is C17H17F2N3O4. The smallest absolute Gasteiger partial charge is 0.449 e. The van der Waals surface area contributed by atoms with E-state index in [4.69, 9.17) is 5.11 Å². The van der Waals surface area contributed by atoms with Gasteiger partial charge in [-0.05, 0) is 18.9 Å². The van der Waals surface area contributed by atoms with Crippen LogP contribution in [0.2, 0.25) is 0 Å². The van der Waals surface area contributed by atoms with E-state index in [1.54, 1.807) is 9.47 Å². The first-order valence-corrected chi connectivity index (χ1v) is 8.40. The molecule has 4 rings (SSSR count). The van der Waals surface area contributed by atoms with Crippen LogP contribution >= 0.6 is 0 Å². The Bertz CT molecular complexity index is 949. The summed E-state index contributed by atoms with van der Waals surface area (Å²) in [4.78, 5) is 25.0. The van der Waals surface area contributed by atoms with Crippen molar-refractivity contribution in [2.45, 2.75) is 18.9 Å². The Balaban J connectivity index is 1.97. The second kappa shape index (κ2) is 6.24. The van der Waals surface area contributed by atoms with Crippen molar-refractivity contribution in [3.63, 3.8) is 0 Å². The molecule has 0 amide bonds. The second-order valence-corrected chi connectivity index (χ2v) is 6.48. The first kappa shape index (κ1) is 16.8. The predicted octanol–water partition coefficient (Wildman–Crippen LogP) is 2.08. The highest BCUT2D eigenvalue weighted by atomic mass is 19.2. The van der Waals surface area contributed by atoms with Gasteiger partial charge in [-0.1, -0.05) is 0 Å². The van der Waals surface area contributed by atoms with Crippen LogP contribution in [-0.4, -0.2) is 42.0 Å². The first-order valence-electron chi connectivity index (χ1n) is 8.40. The Morgan fingerprint density at radius 1 is 1.23 bits per heavy atom. The molecule has 2 fully saturated rings. The van der Waals surface area contributed by atoms with E-state index < -0.39 is 34.4 Å². The topological polar surface area (TPSA) is 83.8 Å². The lowest BCUT2D eigenvalue weighted by molar-refractivity contribution is 0.143. The van der Waals surface area contributed by atoms with E-state index in [-0.39, 0.29) is 17.2 Å². The normalized spacial score (nSPS) is 17.5. The molecule has 2 heterocycles. The molecule has 1 aliphatic carbocycles. The summed E-state index contributed by atoms with van der Waals surface area (Å²) in [6.07, 6.45) is 1.22. The maximum absolute atomic E-state index is 14.8. The highest BCUT2D eigenvalue weighted by Gasteiger charge is 2.30. The molecule has 9 heteroatoms. The van der Waals surface area contributed by atoms with E-state index in [9.17, 15) is 18.4 Å². The Morgan fingerprint density at radius 3 is 2.54 bits per heavy atom. The molecule has 0 spiro atoms. The van der Waals surface area contributed by atoms with Gasteiger partial charge in [-0.3, -0.25) is 4.79 Å². The third-order valence-corrected chi connectivity index (χ3v) is 4.75. The monoisotopic (exact) mass is 365 g/mol. The first-order chi connectivity index (χ1) is 12.5. The number of nitrogens with one attached hydrogen (secondary N) is 1. The largest absolute Gasteiger partial charge is 0.511 e. The third-order valence-electron chi connectivity index (χ3n) is 4.75. The number of carboxylic acid groups (broad SMARTS) is 1. The van der Waals surface area contributed by atoms with Gasteiger partial charge in [-0.25, -0.2) is 13.6 Å². The minimum absolute atomic E-state index is 0.00924. The van der Waals surface area contributed by atoms with Gasteiger partial charge >= 0.3 is 6.16 Å². The molecule has 0 atom stereocenters. The van der Waals surface area contributed by atoms with Crippen molar-refractivity contribution in [3.05, 3.63) is 34.1 Å². The summed E-state index contributed by atoms with van der Waals surface area (Å²) >= 11 is 0. The molecule has 0 unspecified atom stereocenters. The fourth-order valence-corrected chi connectivity index (χ4v) is 3.35. The van der Waals surface area contributed by atoms with E-state index in [0.717, 1.165) is 12.8 Å². The molecule has 2 aliphatic rings. The van der Waals surface area contributed by atoms with Crippen LogP contribution in [0.15, 0.2) is 17.1 Å². The molecule has 2 aromatic rings. The molecule has 7 nitrogen and oxygen atoms in total. The number of hydrogen-bond donors (Lipinski definition) is 2. The third kappa shape index (κ3) is 2.78. The molecule has 1 saturated heterocycles. The number of carbonyl (C=O) groups is 1. The van der Waals surface area contributed by atoms with Gasteiger partial charge in [0.2, 0.25) is 5.43 Å². The van der Waals surface area contributed by atoms with Crippen molar-refractivity contribution in [1.82, 2.24) is 9.88 Å². The lowest BCUT2D eigenvalue weighted by atomic mass is 10.1. The summed E-state index contributed by atoms with van der Waals surface area (Å²) in [6.45, 7) is 2.35. The lowest BCUT2D eigenvalue weighted by Crippen LogP contribution is -2.44. The maximum atomic E-state index is 14.8. The summed E-state index contributed by atoms with van der Waals surface area (Å²) < 4.78 is 35.6. The number of ether oxygens (including phenoxy) is 1. The van der Waals surface area contributed by atoms with Gasteiger partial charge in [0.1, 0.15) is 0 Å². The molecule has 26 heavy (non-hydrogen) atoms. The van der Waals surface area contributed by atoms with Crippen LogP contribution < -0.4 is 20.4 Å². The average Bonchev–Trinajstić information content (AvgIpc) is 3.45. The van der Waals surface area contributed by atoms with E-state index in [2.05, 4.69) is 10.1 Å². The van der Waals surface area contributed by atoms with Gasteiger partial charge in [0, 0.05) is 32.2 Å². The highest BCUT2D eigenvalue weighted by Crippen LogP contribution is 2.39. The highest BCUT2D eigenvalue weighted by molar-refractivity contribution is 5.85. The number of halogens is 2. The van der Waals surface area contributed by atoms with E-state index >= 15 is 0 Å². The molecule has 1 aromatic carbocycles. The summed E-state index contributed by atoms with van der Waals surface area (Å²) in [5.74, 6) is -2.90. The molecule has 2 N–H and O–H groups in total. The standard InChI is InChI=1S/C17H17F2N3O4/c18-14-11(21-5-3-20-4-6-21)7-10-13(15(14)19)16(23)12(26-17(24)25)8-22(10)9-1-2-9/h7-9,20H,1-6H2,(H,24,25). The zero-order valence-electron chi connectivity index (χ0n) is 13.8. The molecule has 1 saturated carbocycles. The van der Waals surface area contributed by atoms with E-state index in [1.807, 2.05) is 0 Å². The van der Waals surface area contributed by atoms with Crippen molar-refractivity contribution in [1.29, 1.82) is 0 Å². The average molecular weight is 365 g/mol. The number of aromatic nitrogens is 1. The molecular weight excluding hydrogens is 348 g/mol. The number of fused-ring (bicyclic) bond motifs is 1. The minimum Gasteiger partial charge on any atom is -0.449 e. The number of nitrogens with zero attached hydrogens (tertiary/aromatic N) is 2. The van der Waals surface area contributed by atoms with Gasteiger partial charge < -0.3 is 24.6 Å². The van der Waals surface area contributed by atoms with Crippen molar-refractivity contribution in [2.24, 2.45) is 0 Å². The van der Waals surface area contributed by atoms with Gasteiger partial charge in [-0.2, -0.15) is 0 Å². The lowest BCUT2D eigenvalue weighted by Gasteiger charge is -2.30. The van der Waals surface area contributed by atoms with E-state index in [0.29, 0.717) is 26.2 Å². The summed E-state index contributed by atoms with van der Waals surface area (Å²) in [5, 5.41) is 11.5. The van der Waals surface area contributed by atoms with Crippen molar-refractivity contribution >= 4 is 22.7 Å². The molecule has 1 aromatic heterocycles.